The van der Waals surface area contributed by atoms with E-state index in [1.165, 1.54) is 12.5 Å². The molecule has 0 radical (unpaired) electrons. The van der Waals surface area contributed by atoms with Crippen LogP contribution in [0.5, 0.6) is 11.5 Å². The van der Waals surface area contributed by atoms with Crippen molar-refractivity contribution in [3.05, 3.63) is 119 Å². The van der Waals surface area contributed by atoms with E-state index in [1.807, 2.05) is 76.5 Å². The van der Waals surface area contributed by atoms with Gasteiger partial charge in [-0.2, -0.15) is 0 Å². The number of benzene rings is 4. The fourth-order valence-corrected chi connectivity index (χ4v) is 6.06. The molecule has 212 valence electrons. The van der Waals surface area contributed by atoms with Gasteiger partial charge in [-0.25, -0.2) is 0 Å². The summed E-state index contributed by atoms with van der Waals surface area (Å²) in [5.41, 5.74) is 4.91. The van der Waals surface area contributed by atoms with Gasteiger partial charge in [-0.1, -0.05) is 35.9 Å². The molecule has 7 heteroatoms. The van der Waals surface area contributed by atoms with Gasteiger partial charge in [0.1, 0.15) is 11.5 Å². The van der Waals surface area contributed by atoms with Crippen LogP contribution < -0.4 is 15.0 Å². The zero-order valence-corrected chi connectivity index (χ0v) is 23.8. The normalized spacial score (nSPS) is 15.3. The van der Waals surface area contributed by atoms with Gasteiger partial charge in [0, 0.05) is 54.5 Å². The van der Waals surface area contributed by atoms with E-state index in [0.29, 0.717) is 42.2 Å². The third kappa shape index (κ3) is 5.38. The average Bonchev–Trinajstić information content (AvgIpc) is 3.30. The van der Waals surface area contributed by atoms with Gasteiger partial charge < -0.3 is 19.9 Å². The highest BCUT2D eigenvalue weighted by atomic mass is 16.5. The number of aryl methyl sites for hydroxylation is 1. The molecule has 2 aliphatic heterocycles. The monoisotopic (exact) mass is 559 g/mol. The van der Waals surface area contributed by atoms with Crippen molar-refractivity contribution in [2.45, 2.75) is 32.1 Å². The second-order valence-electron chi connectivity index (χ2n) is 11.2. The van der Waals surface area contributed by atoms with Crippen molar-refractivity contribution < 1.29 is 19.1 Å². The molecule has 0 atom stereocenters. The predicted molar refractivity (Wildman–Crippen MR) is 163 cm³/mol. The first kappa shape index (κ1) is 27.3. The lowest BCUT2D eigenvalue weighted by atomic mass is 9.74. The number of nitrogens with one attached hydrogen (secondary N) is 1. The van der Waals surface area contributed by atoms with Crippen LogP contribution in [0.25, 0.3) is 0 Å². The zero-order chi connectivity index (χ0) is 29.3. The molecule has 0 saturated carbocycles. The Morgan fingerprint density at radius 1 is 0.762 bits per heavy atom. The Morgan fingerprint density at radius 2 is 1.38 bits per heavy atom. The number of hydrogen-bond acceptors (Lipinski definition) is 4. The van der Waals surface area contributed by atoms with Crippen LogP contribution in [0.1, 0.15) is 51.6 Å². The molecule has 1 saturated heterocycles. The summed E-state index contributed by atoms with van der Waals surface area (Å²) in [6.07, 6.45) is 1.55. The molecule has 0 bridgehead atoms. The lowest BCUT2D eigenvalue weighted by Gasteiger charge is -2.40. The molecule has 4 aromatic carbocycles. The van der Waals surface area contributed by atoms with Crippen molar-refractivity contribution in [2.24, 2.45) is 0 Å². The minimum absolute atomic E-state index is 0.00534. The van der Waals surface area contributed by atoms with Gasteiger partial charge in [-0.15, -0.1) is 0 Å². The highest BCUT2D eigenvalue weighted by Gasteiger charge is 2.47. The molecule has 0 aromatic heterocycles. The van der Waals surface area contributed by atoms with E-state index in [1.54, 1.807) is 24.3 Å². The summed E-state index contributed by atoms with van der Waals surface area (Å²) < 4.78 is 5.87. The van der Waals surface area contributed by atoms with E-state index in [-0.39, 0.29) is 23.1 Å². The van der Waals surface area contributed by atoms with E-state index in [0.717, 1.165) is 29.8 Å². The summed E-state index contributed by atoms with van der Waals surface area (Å²) in [5, 5.41) is 2.74. The first-order valence-corrected chi connectivity index (χ1v) is 14.2. The minimum Gasteiger partial charge on any atom is -0.457 e. The quantitative estimate of drug-likeness (QED) is 0.300. The number of carbonyl (C=O) groups excluding carboxylic acids is 3. The van der Waals surface area contributed by atoms with Gasteiger partial charge in [0.15, 0.2) is 0 Å². The van der Waals surface area contributed by atoms with Gasteiger partial charge >= 0.3 is 0 Å². The number of amides is 3. The minimum atomic E-state index is -0.211. The Labute approximate surface area is 245 Å². The van der Waals surface area contributed by atoms with Crippen LogP contribution in [-0.4, -0.2) is 42.3 Å². The fraction of sp³-hybridized carbons (Fsp3) is 0.229. The molecular weight excluding hydrogens is 526 g/mol. The van der Waals surface area contributed by atoms with E-state index >= 15 is 0 Å². The number of fused-ring (bicyclic) bond motifs is 2. The molecule has 2 heterocycles. The lowest BCUT2D eigenvalue weighted by Crippen LogP contribution is -2.47. The van der Waals surface area contributed by atoms with Crippen molar-refractivity contribution in [1.82, 2.24) is 4.90 Å². The molecule has 42 heavy (non-hydrogen) atoms. The average molecular weight is 560 g/mol. The topological polar surface area (TPSA) is 79.0 Å². The van der Waals surface area contributed by atoms with Crippen molar-refractivity contribution >= 4 is 29.1 Å². The summed E-state index contributed by atoms with van der Waals surface area (Å²) in [6.45, 7) is 5.33. The van der Waals surface area contributed by atoms with E-state index in [9.17, 15) is 14.4 Å². The SMILES string of the molecule is CC(=O)Nc1ccc(C(=O)N2CC3(CCN(C(=O)c4ccc(Oc5ccccc5)cc4)CC3)c3cc(C)ccc32)cc1. The van der Waals surface area contributed by atoms with Crippen LogP contribution in [0.3, 0.4) is 0 Å². The Balaban J connectivity index is 1.16. The number of likely N-dealkylation sites (tertiary alicyclic amines) is 1. The van der Waals surface area contributed by atoms with Gasteiger partial charge in [-0.3, -0.25) is 14.4 Å². The van der Waals surface area contributed by atoms with Gasteiger partial charge in [0.2, 0.25) is 5.91 Å². The standard InChI is InChI=1S/C35H33N3O4/c1-24-8-17-32-31(22-24)35(23-38(32)34(41)27-9-13-28(14-10-27)36-25(2)39)18-20-37(21-19-35)33(40)26-11-15-30(16-12-26)42-29-6-4-3-5-7-29/h3-17,22H,18-21,23H2,1-2H3,(H,36,39). The number of carbonyl (C=O) groups is 3. The Morgan fingerprint density at radius 3 is 2.05 bits per heavy atom. The predicted octanol–water partition coefficient (Wildman–Crippen LogP) is 6.58. The maximum Gasteiger partial charge on any atom is 0.258 e. The zero-order valence-electron chi connectivity index (χ0n) is 23.8. The number of nitrogens with zero attached hydrogens (tertiary/aromatic N) is 2. The number of rotatable bonds is 5. The summed E-state index contributed by atoms with van der Waals surface area (Å²) in [7, 11) is 0. The molecule has 7 nitrogen and oxygen atoms in total. The Kier molecular flexibility index (Phi) is 7.25. The first-order valence-electron chi connectivity index (χ1n) is 14.2. The van der Waals surface area contributed by atoms with Gasteiger partial charge in [-0.05, 0) is 92.1 Å². The van der Waals surface area contributed by atoms with Crippen LogP contribution >= 0.6 is 0 Å². The number of para-hydroxylation sites is 1. The van der Waals surface area contributed by atoms with E-state index in [4.69, 9.17) is 4.74 Å². The van der Waals surface area contributed by atoms with Crippen LogP contribution in [0.15, 0.2) is 97.1 Å². The molecule has 1 spiro atoms. The Bertz CT molecular complexity index is 1620. The first-order chi connectivity index (χ1) is 20.3. The number of hydrogen-bond donors (Lipinski definition) is 1. The number of ether oxygens (including phenoxy) is 1. The summed E-state index contributed by atoms with van der Waals surface area (Å²) >= 11 is 0. The second kappa shape index (κ2) is 11.2. The highest BCUT2D eigenvalue weighted by Crippen LogP contribution is 2.48. The van der Waals surface area contributed by atoms with Crippen LogP contribution in [0.4, 0.5) is 11.4 Å². The van der Waals surface area contributed by atoms with Crippen molar-refractivity contribution in [3.63, 3.8) is 0 Å². The third-order valence-electron chi connectivity index (χ3n) is 8.26. The van der Waals surface area contributed by atoms with Crippen molar-refractivity contribution in [3.8, 4) is 11.5 Å². The maximum absolute atomic E-state index is 13.7. The molecule has 4 aromatic rings. The van der Waals surface area contributed by atoms with Crippen LogP contribution in [0, 0.1) is 6.92 Å². The van der Waals surface area contributed by atoms with Crippen LogP contribution in [-0.2, 0) is 10.2 Å². The summed E-state index contributed by atoms with van der Waals surface area (Å²) in [5.74, 6) is 1.22. The number of piperidine rings is 1. The van der Waals surface area contributed by atoms with Gasteiger partial charge in [0.05, 0.1) is 0 Å². The molecule has 2 aliphatic rings. The summed E-state index contributed by atoms with van der Waals surface area (Å²) in [6, 6.07) is 30.1. The van der Waals surface area contributed by atoms with E-state index in [2.05, 4.69) is 18.3 Å². The van der Waals surface area contributed by atoms with E-state index < -0.39 is 0 Å². The maximum atomic E-state index is 13.7. The second-order valence-corrected chi connectivity index (χ2v) is 11.2. The molecule has 1 fully saturated rings. The molecule has 0 aliphatic carbocycles. The molecule has 0 unspecified atom stereocenters. The smallest absolute Gasteiger partial charge is 0.258 e. The molecule has 6 rings (SSSR count). The van der Waals surface area contributed by atoms with Crippen molar-refractivity contribution in [2.75, 3.05) is 29.9 Å². The Hall–Kier alpha value is -4.91. The lowest BCUT2D eigenvalue weighted by molar-refractivity contribution is -0.114. The summed E-state index contributed by atoms with van der Waals surface area (Å²) in [4.78, 5) is 42.3. The largest absolute Gasteiger partial charge is 0.457 e. The number of anilines is 2. The van der Waals surface area contributed by atoms with Crippen LogP contribution in [0.2, 0.25) is 0 Å². The van der Waals surface area contributed by atoms with Crippen molar-refractivity contribution in [1.29, 1.82) is 0 Å². The molecular formula is C35H33N3O4. The fourth-order valence-electron chi connectivity index (χ4n) is 6.06. The highest BCUT2D eigenvalue weighted by molar-refractivity contribution is 6.08. The van der Waals surface area contributed by atoms with Gasteiger partial charge in [0.25, 0.3) is 11.8 Å². The molecule has 1 N–H and O–H groups in total. The molecule has 3 amide bonds. The third-order valence-corrected chi connectivity index (χ3v) is 8.26.